The number of hydrogen-bond acceptors (Lipinski definition) is 6. The highest BCUT2D eigenvalue weighted by atomic mass is 19.1. The van der Waals surface area contributed by atoms with E-state index in [9.17, 15) is 14.0 Å². The van der Waals surface area contributed by atoms with E-state index in [1.54, 1.807) is 42.1 Å². The van der Waals surface area contributed by atoms with Crippen molar-refractivity contribution in [2.75, 3.05) is 13.6 Å². The van der Waals surface area contributed by atoms with E-state index < -0.39 is 18.5 Å². The van der Waals surface area contributed by atoms with Gasteiger partial charge in [-0.3, -0.25) is 20.0 Å². The van der Waals surface area contributed by atoms with Crippen molar-refractivity contribution in [2.24, 2.45) is 5.10 Å². The molecule has 2 fully saturated rings. The molecule has 2 saturated heterocycles. The number of carbonyl (C=O) groups is 2. The van der Waals surface area contributed by atoms with Gasteiger partial charge < -0.3 is 4.90 Å². The molecule has 0 radical (unpaired) electrons. The number of imide groups is 1. The highest BCUT2D eigenvalue weighted by Crippen LogP contribution is 2.33. The lowest BCUT2D eigenvalue weighted by Gasteiger charge is -2.44. The molecule has 28 heavy (non-hydrogen) atoms. The van der Waals surface area contributed by atoms with Gasteiger partial charge in [-0.1, -0.05) is 18.2 Å². The van der Waals surface area contributed by atoms with Crippen molar-refractivity contribution in [3.05, 3.63) is 35.6 Å². The van der Waals surface area contributed by atoms with E-state index in [2.05, 4.69) is 10.4 Å². The Labute approximate surface area is 163 Å². The number of benzene rings is 1. The van der Waals surface area contributed by atoms with Crippen LogP contribution in [-0.2, 0) is 11.3 Å². The lowest BCUT2D eigenvalue weighted by atomic mass is 10.1. The monoisotopic (exact) mass is 388 g/mol. The predicted octanol–water partition coefficient (Wildman–Crippen LogP) is 1.20. The molecule has 0 aliphatic carbocycles. The van der Waals surface area contributed by atoms with Crippen LogP contribution in [0.4, 0.5) is 9.18 Å². The molecule has 3 heterocycles. The zero-order valence-corrected chi connectivity index (χ0v) is 16.5. The zero-order valence-electron chi connectivity index (χ0n) is 16.5. The average molecular weight is 388 g/mol. The summed E-state index contributed by atoms with van der Waals surface area (Å²) in [6.07, 6.45) is -0.871. The molecule has 1 aromatic rings. The number of halogens is 1. The van der Waals surface area contributed by atoms with Gasteiger partial charge in [0.2, 0.25) is 0 Å². The van der Waals surface area contributed by atoms with Crippen molar-refractivity contribution in [3.8, 4) is 0 Å². The summed E-state index contributed by atoms with van der Waals surface area (Å²) in [7, 11) is 1.69. The zero-order chi connectivity index (χ0) is 20.2. The van der Waals surface area contributed by atoms with Crippen LogP contribution in [-0.4, -0.2) is 75.5 Å². The van der Waals surface area contributed by atoms with E-state index in [-0.39, 0.29) is 30.3 Å². The van der Waals surface area contributed by atoms with Gasteiger partial charge in [-0.2, -0.15) is 5.10 Å². The van der Waals surface area contributed by atoms with Gasteiger partial charge in [-0.15, -0.1) is 0 Å². The molecule has 3 amide bonds. The second-order valence-corrected chi connectivity index (χ2v) is 7.46. The standard InChI is InChI=1S/C19H25FN6O2/c1-5-24-17(27)15-16(23(4)19(24)28)21-18-25(22-11(2)12(3)26(15)18)10-13-8-6-7-9-14(13)20/h6-9,12,15-16,18,21H,5,10H2,1-4H3. The van der Waals surface area contributed by atoms with E-state index in [0.717, 1.165) is 5.71 Å². The Morgan fingerprint density at radius 3 is 2.64 bits per heavy atom. The molecule has 4 atom stereocenters. The van der Waals surface area contributed by atoms with Gasteiger partial charge in [0.05, 0.1) is 18.3 Å². The summed E-state index contributed by atoms with van der Waals surface area (Å²) in [6, 6.07) is 5.67. The maximum absolute atomic E-state index is 14.2. The maximum Gasteiger partial charge on any atom is 0.327 e. The average Bonchev–Trinajstić information content (AvgIpc) is 3.08. The third-order valence-electron chi connectivity index (χ3n) is 5.92. The third kappa shape index (κ3) is 2.68. The Kier molecular flexibility index (Phi) is 4.59. The van der Waals surface area contributed by atoms with Gasteiger partial charge in [-0.25, -0.2) is 14.1 Å². The summed E-state index contributed by atoms with van der Waals surface area (Å²) >= 11 is 0. The number of carbonyl (C=O) groups excluding carboxylic acids is 2. The van der Waals surface area contributed by atoms with E-state index in [1.807, 2.05) is 18.7 Å². The lowest BCUT2D eigenvalue weighted by molar-refractivity contribution is -0.139. The van der Waals surface area contributed by atoms with Crippen LogP contribution >= 0.6 is 0 Å². The summed E-state index contributed by atoms with van der Waals surface area (Å²) < 4.78 is 14.2. The van der Waals surface area contributed by atoms with Crippen LogP contribution in [0.3, 0.4) is 0 Å². The molecular weight excluding hydrogens is 363 g/mol. The second-order valence-electron chi connectivity index (χ2n) is 7.46. The van der Waals surface area contributed by atoms with Gasteiger partial charge in [0.15, 0.2) is 6.29 Å². The summed E-state index contributed by atoms with van der Waals surface area (Å²) in [5.74, 6) is -0.505. The van der Waals surface area contributed by atoms with E-state index >= 15 is 0 Å². The fourth-order valence-corrected chi connectivity index (χ4v) is 4.26. The first-order chi connectivity index (χ1) is 13.3. The van der Waals surface area contributed by atoms with Crippen LogP contribution in [0.1, 0.15) is 26.3 Å². The molecule has 8 nitrogen and oxygen atoms in total. The molecule has 0 saturated carbocycles. The van der Waals surface area contributed by atoms with Crippen LogP contribution in [0.2, 0.25) is 0 Å². The third-order valence-corrected chi connectivity index (χ3v) is 5.92. The van der Waals surface area contributed by atoms with Crippen molar-refractivity contribution in [1.29, 1.82) is 0 Å². The molecular formula is C19H25FN6O2. The topological polar surface area (TPSA) is 71.5 Å². The van der Waals surface area contributed by atoms with Crippen molar-refractivity contribution in [3.63, 3.8) is 0 Å². The Morgan fingerprint density at radius 1 is 1.25 bits per heavy atom. The molecule has 0 bridgehead atoms. The van der Waals surface area contributed by atoms with Gasteiger partial charge in [0.25, 0.3) is 5.91 Å². The van der Waals surface area contributed by atoms with Gasteiger partial charge in [0.1, 0.15) is 18.0 Å². The Balaban J connectivity index is 1.70. The number of fused-ring (bicyclic) bond motifs is 3. The number of nitrogens with one attached hydrogen (secondary N) is 1. The molecule has 0 aromatic heterocycles. The quantitative estimate of drug-likeness (QED) is 0.843. The van der Waals surface area contributed by atoms with E-state index in [0.29, 0.717) is 12.1 Å². The molecule has 1 N–H and O–H groups in total. The molecule has 150 valence electrons. The van der Waals surface area contributed by atoms with E-state index in [4.69, 9.17) is 0 Å². The van der Waals surface area contributed by atoms with Crippen LogP contribution in [0.15, 0.2) is 29.4 Å². The van der Waals surface area contributed by atoms with Crippen LogP contribution in [0.25, 0.3) is 0 Å². The lowest BCUT2D eigenvalue weighted by Crippen LogP contribution is -2.67. The predicted molar refractivity (Wildman–Crippen MR) is 101 cm³/mol. The van der Waals surface area contributed by atoms with Crippen molar-refractivity contribution in [1.82, 2.24) is 25.0 Å². The normalized spacial score (nSPS) is 30.5. The number of urea groups is 1. The number of likely N-dealkylation sites (N-methyl/N-ethyl adjacent to an activating group) is 2. The minimum absolute atomic E-state index is 0.0892. The van der Waals surface area contributed by atoms with Gasteiger partial charge in [-0.05, 0) is 26.8 Å². The maximum atomic E-state index is 14.2. The van der Waals surface area contributed by atoms with Gasteiger partial charge >= 0.3 is 6.03 Å². The number of rotatable bonds is 3. The molecule has 3 aliphatic rings. The first-order valence-corrected chi connectivity index (χ1v) is 9.52. The smallest absolute Gasteiger partial charge is 0.310 e. The highest BCUT2D eigenvalue weighted by molar-refractivity contribution is 6.01. The SMILES string of the molecule is CCN1C(=O)C2C(NC3N(Cc4ccccc4F)N=C(C)C(C)N23)N(C)C1=O. The first kappa shape index (κ1) is 18.8. The summed E-state index contributed by atoms with van der Waals surface area (Å²) in [6.45, 7) is 6.27. The number of amides is 3. The minimum Gasteiger partial charge on any atom is -0.310 e. The Bertz CT molecular complexity index is 845. The molecule has 4 unspecified atom stereocenters. The van der Waals surface area contributed by atoms with Crippen molar-refractivity contribution in [2.45, 2.75) is 51.9 Å². The summed E-state index contributed by atoms with van der Waals surface area (Å²) in [5.41, 5.74) is 1.36. The molecule has 9 heteroatoms. The molecule has 3 aliphatic heterocycles. The number of hydrazone groups is 1. The summed E-state index contributed by atoms with van der Waals surface area (Å²) in [4.78, 5) is 30.5. The second kappa shape index (κ2) is 6.82. The van der Waals surface area contributed by atoms with Crippen LogP contribution in [0, 0.1) is 5.82 Å². The van der Waals surface area contributed by atoms with Crippen molar-refractivity contribution < 1.29 is 14.0 Å². The summed E-state index contributed by atoms with van der Waals surface area (Å²) in [5, 5.41) is 9.79. The fraction of sp³-hybridized carbons (Fsp3) is 0.526. The van der Waals surface area contributed by atoms with E-state index in [1.165, 1.54) is 11.0 Å². The molecule has 0 spiro atoms. The highest BCUT2D eigenvalue weighted by Gasteiger charge is 2.57. The number of nitrogens with zero attached hydrogens (tertiary/aromatic N) is 5. The van der Waals surface area contributed by atoms with Crippen LogP contribution < -0.4 is 5.32 Å². The minimum atomic E-state index is -0.517. The largest absolute Gasteiger partial charge is 0.327 e. The van der Waals surface area contributed by atoms with Crippen LogP contribution in [0.5, 0.6) is 0 Å². The Hall–Kier alpha value is -2.52. The van der Waals surface area contributed by atoms with Crippen molar-refractivity contribution >= 4 is 17.6 Å². The Morgan fingerprint density at radius 2 is 1.96 bits per heavy atom. The first-order valence-electron chi connectivity index (χ1n) is 9.52. The van der Waals surface area contributed by atoms with Gasteiger partial charge in [0, 0.05) is 19.2 Å². The fourth-order valence-electron chi connectivity index (χ4n) is 4.26. The molecule has 4 rings (SSSR count). The number of hydrogen-bond donors (Lipinski definition) is 1. The molecule has 1 aromatic carbocycles.